The van der Waals surface area contributed by atoms with Crippen molar-refractivity contribution in [2.45, 2.75) is 6.04 Å². The van der Waals surface area contributed by atoms with Crippen LogP contribution < -0.4 is 0 Å². The molecule has 138 valence electrons. The van der Waals surface area contributed by atoms with Gasteiger partial charge >= 0.3 is 0 Å². The molecule has 5 nitrogen and oxygen atoms in total. The number of amides is 1. The van der Waals surface area contributed by atoms with Gasteiger partial charge in [-0.15, -0.1) is 0 Å². The number of hydrogen-bond donors (Lipinski definition) is 1. The zero-order valence-corrected chi connectivity index (χ0v) is 16.1. The van der Waals surface area contributed by atoms with Gasteiger partial charge in [0.05, 0.1) is 18.3 Å². The first-order chi connectivity index (χ1) is 13.1. The first-order valence-corrected chi connectivity index (χ1v) is 9.25. The fourth-order valence-corrected chi connectivity index (χ4v) is 3.79. The molecule has 2 aromatic carbocycles. The molecule has 0 aliphatic carbocycles. The second kappa shape index (κ2) is 7.35. The number of carbonyl (C=O) groups is 1. The molecule has 1 aromatic heterocycles. The third-order valence-electron chi connectivity index (χ3n) is 4.68. The Kier molecular flexibility index (Phi) is 4.91. The quantitative estimate of drug-likeness (QED) is 0.680. The third-order valence-corrected chi connectivity index (χ3v) is 5.17. The highest BCUT2D eigenvalue weighted by molar-refractivity contribution is 6.31. The zero-order chi connectivity index (χ0) is 19.0. The first-order valence-electron chi connectivity index (χ1n) is 8.49. The van der Waals surface area contributed by atoms with Crippen molar-refractivity contribution in [2.24, 2.45) is 0 Å². The van der Waals surface area contributed by atoms with Crippen LogP contribution in [0.3, 0.4) is 0 Å². The maximum Gasteiger partial charge on any atom is 0.273 e. The number of halogens is 2. The molecule has 1 unspecified atom stereocenters. The first kappa shape index (κ1) is 18.0. The molecule has 0 spiro atoms. The van der Waals surface area contributed by atoms with Crippen LogP contribution in [0.25, 0.3) is 11.3 Å². The Labute approximate surface area is 166 Å². The summed E-state index contributed by atoms with van der Waals surface area (Å²) in [6, 6.07) is 14.7. The molecule has 3 aromatic rings. The van der Waals surface area contributed by atoms with Crippen molar-refractivity contribution in [2.75, 3.05) is 20.3 Å². The Morgan fingerprint density at radius 1 is 1.15 bits per heavy atom. The Balaban J connectivity index is 1.86. The van der Waals surface area contributed by atoms with Crippen LogP contribution in [-0.2, 0) is 4.74 Å². The summed E-state index contributed by atoms with van der Waals surface area (Å²) in [5.41, 5.74) is 3.91. The fourth-order valence-electron chi connectivity index (χ4n) is 3.47. The average molecular weight is 402 g/mol. The van der Waals surface area contributed by atoms with Gasteiger partial charge in [0.1, 0.15) is 5.69 Å². The predicted molar refractivity (Wildman–Crippen MR) is 105 cm³/mol. The van der Waals surface area contributed by atoms with Gasteiger partial charge in [-0.2, -0.15) is 5.10 Å². The maximum absolute atomic E-state index is 13.0. The Hall–Kier alpha value is -2.34. The summed E-state index contributed by atoms with van der Waals surface area (Å²) in [6.07, 6.45) is 0. The summed E-state index contributed by atoms with van der Waals surface area (Å²) in [5, 5.41) is 8.61. The molecule has 1 N–H and O–H groups in total. The van der Waals surface area contributed by atoms with E-state index < -0.39 is 0 Å². The van der Waals surface area contributed by atoms with Crippen LogP contribution in [0.1, 0.15) is 27.7 Å². The molecule has 27 heavy (non-hydrogen) atoms. The van der Waals surface area contributed by atoms with Crippen LogP contribution in [0.2, 0.25) is 10.0 Å². The molecule has 0 radical (unpaired) electrons. The van der Waals surface area contributed by atoms with E-state index in [1.165, 1.54) is 0 Å². The van der Waals surface area contributed by atoms with Crippen LogP contribution in [0.4, 0.5) is 0 Å². The highest BCUT2D eigenvalue weighted by Crippen LogP contribution is 2.43. The molecule has 2 heterocycles. The lowest BCUT2D eigenvalue weighted by Gasteiger charge is -2.26. The zero-order valence-electron chi connectivity index (χ0n) is 14.6. The Morgan fingerprint density at radius 2 is 1.93 bits per heavy atom. The van der Waals surface area contributed by atoms with Gasteiger partial charge in [-0.05, 0) is 29.8 Å². The van der Waals surface area contributed by atoms with Gasteiger partial charge in [-0.3, -0.25) is 9.89 Å². The topological polar surface area (TPSA) is 58.2 Å². The van der Waals surface area contributed by atoms with Gasteiger partial charge < -0.3 is 9.64 Å². The van der Waals surface area contributed by atoms with Crippen LogP contribution in [0.5, 0.6) is 0 Å². The molecule has 0 fully saturated rings. The monoisotopic (exact) mass is 401 g/mol. The molecule has 0 saturated carbocycles. The number of fused-ring (bicyclic) bond motifs is 1. The maximum atomic E-state index is 13.0. The number of nitrogens with one attached hydrogen (secondary N) is 1. The average Bonchev–Trinajstić information content (AvgIpc) is 3.20. The van der Waals surface area contributed by atoms with Crippen molar-refractivity contribution in [1.82, 2.24) is 15.1 Å². The van der Waals surface area contributed by atoms with Crippen LogP contribution in [0, 0.1) is 0 Å². The number of aromatic amines is 1. The molecule has 1 atom stereocenters. The van der Waals surface area contributed by atoms with Gasteiger partial charge in [0.15, 0.2) is 0 Å². The summed E-state index contributed by atoms with van der Waals surface area (Å²) >= 11 is 12.2. The summed E-state index contributed by atoms with van der Waals surface area (Å²) in [5.74, 6) is -0.0975. The molecule has 1 aliphatic heterocycles. The smallest absolute Gasteiger partial charge is 0.273 e. The van der Waals surface area contributed by atoms with Gasteiger partial charge in [0.25, 0.3) is 5.91 Å². The summed E-state index contributed by atoms with van der Waals surface area (Å²) < 4.78 is 5.20. The van der Waals surface area contributed by atoms with E-state index in [0.29, 0.717) is 28.9 Å². The van der Waals surface area contributed by atoms with Crippen molar-refractivity contribution in [1.29, 1.82) is 0 Å². The van der Waals surface area contributed by atoms with E-state index in [9.17, 15) is 4.79 Å². The summed E-state index contributed by atoms with van der Waals surface area (Å²) in [7, 11) is 1.62. The lowest BCUT2D eigenvalue weighted by Crippen LogP contribution is -2.32. The van der Waals surface area contributed by atoms with E-state index in [2.05, 4.69) is 10.2 Å². The van der Waals surface area contributed by atoms with Crippen molar-refractivity contribution in [3.63, 3.8) is 0 Å². The second-order valence-corrected chi connectivity index (χ2v) is 7.19. The van der Waals surface area contributed by atoms with Crippen molar-refractivity contribution in [3.8, 4) is 11.3 Å². The van der Waals surface area contributed by atoms with Gasteiger partial charge in [-0.25, -0.2) is 0 Å². The van der Waals surface area contributed by atoms with Crippen molar-refractivity contribution < 1.29 is 9.53 Å². The summed E-state index contributed by atoms with van der Waals surface area (Å²) in [4.78, 5) is 14.8. The lowest BCUT2D eigenvalue weighted by atomic mass is 9.96. The van der Waals surface area contributed by atoms with Crippen LogP contribution in [0.15, 0.2) is 48.5 Å². The molecular weight excluding hydrogens is 385 g/mol. The van der Waals surface area contributed by atoms with E-state index in [4.69, 9.17) is 27.9 Å². The highest BCUT2D eigenvalue weighted by atomic mass is 35.5. The third kappa shape index (κ3) is 3.23. The molecule has 0 saturated heterocycles. The van der Waals surface area contributed by atoms with E-state index in [1.807, 2.05) is 48.5 Å². The normalized spacial score (nSPS) is 16.0. The van der Waals surface area contributed by atoms with Gasteiger partial charge in [0, 0.05) is 34.8 Å². The number of methoxy groups -OCH3 is 1. The van der Waals surface area contributed by atoms with E-state index >= 15 is 0 Å². The number of H-pyrrole nitrogens is 1. The minimum atomic E-state index is -0.286. The van der Waals surface area contributed by atoms with E-state index in [1.54, 1.807) is 12.0 Å². The predicted octanol–water partition coefficient (Wildman–Crippen LogP) is 4.58. The fraction of sp³-hybridized carbons (Fsp3) is 0.200. The number of rotatable bonds is 5. The Bertz CT molecular complexity index is 985. The lowest BCUT2D eigenvalue weighted by molar-refractivity contribution is 0.0677. The van der Waals surface area contributed by atoms with Crippen molar-refractivity contribution in [3.05, 3.63) is 75.4 Å². The second-order valence-electron chi connectivity index (χ2n) is 6.32. The molecule has 1 aliphatic rings. The standard InChI is InChI=1S/C20H17Cl2N3O2/c1-27-10-9-25-19(13-3-2-4-15(22)11-13)16-17(23-24-18(16)20(25)26)12-5-7-14(21)8-6-12/h2-8,11,19H,9-10H2,1H3,(H,23,24). The molecule has 4 rings (SSSR count). The van der Waals surface area contributed by atoms with Gasteiger partial charge in [-0.1, -0.05) is 47.5 Å². The number of ether oxygens (including phenoxy) is 1. The molecule has 7 heteroatoms. The minimum Gasteiger partial charge on any atom is -0.383 e. The van der Waals surface area contributed by atoms with E-state index in [-0.39, 0.29) is 11.9 Å². The largest absolute Gasteiger partial charge is 0.383 e. The number of carbonyl (C=O) groups excluding carboxylic acids is 1. The van der Waals surface area contributed by atoms with E-state index in [0.717, 1.165) is 22.4 Å². The van der Waals surface area contributed by atoms with Crippen molar-refractivity contribution >= 4 is 29.1 Å². The molecular formula is C20H17Cl2N3O2. The minimum absolute atomic E-state index is 0.0975. The highest BCUT2D eigenvalue weighted by Gasteiger charge is 2.41. The number of benzene rings is 2. The number of nitrogens with zero attached hydrogens (tertiary/aromatic N) is 2. The van der Waals surface area contributed by atoms with Gasteiger partial charge in [0.2, 0.25) is 0 Å². The SMILES string of the molecule is COCCN1C(=O)c2[nH]nc(-c3ccc(Cl)cc3)c2C1c1cccc(Cl)c1. The molecule has 0 bridgehead atoms. The van der Waals surface area contributed by atoms with Crippen LogP contribution >= 0.6 is 23.2 Å². The van der Waals surface area contributed by atoms with Crippen LogP contribution in [-0.4, -0.2) is 41.3 Å². The molecule has 1 amide bonds. The Morgan fingerprint density at radius 3 is 2.63 bits per heavy atom. The summed E-state index contributed by atoms with van der Waals surface area (Å²) in [6.45, 7) is 0.909. The number of aromatic nitrogens is 2. The number of hydrogen-bond acceptors (Lipinski definition) is 3.